The normalized spacial score (nSPS) is 25.0. The summed E-state index contributed by atoms with van der Waals surface area (Å²) in [6.45, 7) is 6.92. The molecule has 2 aromatic heterocycles. The van der Waals surface area contributed by atoms with Gasteiger partial charge in [-0.3, -0.25) is 29.4 Å². The van der Waals surface area contributed by atoms with Crippen LogP contribution in [0.25, 0.3) is 11.6 Å². The Morgan fingerprint density at radius 1 is 0.892 bits per heavy atom. The summed E-state index contributed by atoms with van der Waals surface area (Å²) in [5.41, 5.74) is 1.89. The first-order chi connectivity index (χ1) is 31.4. The maximum atomic E-state index is 14.3. The maximum Gasteiger partial charge on any atom is 0.276 e. The smallest absolute Gasteiger partial charge is 0.276 e. The number of halogens is 3. The Labute approximate surface area is 372 Å². The van der Waals surface area contributed by atoms with Crippen LogP contribution in [0.1, 0.15) is 103 Å². The van der Waals surface area contributed by atoms with Crippen molar-refractivity contribution in [3.05, 3.63) is 76.5 Å². The number of aromatic nitrogens is 4. The molecule has 3 N–H and O–H groups in total. The number of anilines is 2. The molecule has 1 atom stereocenters. The number of amides is 4. The summed E-state index contributed by atoms with van der Waals surface area (Å²) in [7, 11) is 0. The SMILES string of the molecule is O=C1CC[C@@H](N2Cc3cc(N4CCC(CCN5CCN(c6nccc(-c7nc(C89CCC(CNC(=O)c%10cc(F)c(O)c(F)c%10F)(CC8)CC9)no7)n6)CC5)CC4)ccc3C2=O)C(=O)N1. The number of aromatic hydroxyl groups is 1. The van der Waals surface area contributed by atoms with Crippen molar-refractivity contribution in [2.24, 2.45) is 11.3 Å². The van der Waals surface area contributed by atoms with Crippen molar-refractivity contribution in [3.63, 3.8) is 0 Å². The third-order valence-electron chi connectivity index (χ3n) is 15.2. The Kier molecular flexibility index (Phi) is 11.2. The predicted molar refractivity (Wildman–Crippen MR) is 228 cm³/mol. The van der Waals surface area contributed by atoms with Crippen LogP contribution in [0.2, 0.25) is 0 Å². The van der Waals surface area contributed by atoms with Crippen LogP contribution in [-0.2, 0) is 21.5 Å². The quantitative estimate of drug-likeness (QED) is 0.137. The molecule has 16 nitrogen and oxygen atoms in total. The number of phenols is 1. The van der Waals surface area contributed by atoms with E-state index < -0.39 is 46.6 Å². The Balaban J connectivity index is 0.671. The van der Waals surface area contributed by atoms with E-state index in [2.05, 4.69) is 41.5 Å². The number of carbonyl (C=O) groups excluding carboxylic acids is 4. The highest BCUT2D eigenvalue weighted by Gasteiger charge is 2.52. The van der Waals surface area contributed by atoms with Crippen LogP contribution < -0.4 is 20.4 Å². The summed E-state index contributed by atoms with van der Waals surface area (Å²) in [6, 6.07) is 7.65. The molecular weight excluding hydrogens is 846 g/mol. The average molecular weight is 897 g/mol. The lowest BCUT2D eigenvalue weighted by Crippen LogP contribution is -2.52. The Morgan fingerprint density at radius 3 is 2.38 bits per heavy atom. The molecule has 7 aliphatic rings. The van der Waals surface area contributed by atoms with Gasteiger partial charge in [-0.15, -0.1) is 0 Å². The largest absolute Gasteiger partial charge is 0.503 e. The fourth-order valence-electron chi connectivity index (χ4n) is 10.9. The average Bonchev–Trinajstić information content (AvgIpc) is 3.97. The Bertz CT molecular complexity index is 2520. The van der Waals surface area contributed by atoms with E-state index in [4.69, 9.17) is 14.5 Å². The zero-order chi connectivity index (χ0) is 45.0. The fraction of sp³-hybridized carbons (Fsp3) is 0.522. The third-order valence-corrected chi connectivity index (χ3v) is 15.2. The highest BCUT2D eigenvalue weighted by molar-refractivity contribution is 6.05. The minimum atomic E-state index is -1.79. The second-order valence-electron chi connectivity index (χ2n) is 18.8. The number of nitrogens with zero attached hydrogens (tertiary/aromatic N) is 8. The van der Waals surface area contributed by atoms with E-state index in [1.807, 2.05) is 12.1 Å². The molecule has 0 unspecified atom stereocenters. The molecule has 3 saturated carbocycles. The van der Waals surface area contributed by atoms with E-state index in [9.17, 15) is 37.5 Å². The van der Waals surface area contributed by atoms with E-state index in [1.165, 1.54) is 0 Å². The van der Waals surface area contributed by atoms with Gasteiger partial charge >= 0.3 is 0 Å². The zero-order valence-corrected chi connectivity index (χ0v) is 36.0. The lowest BCUT2D eigenvalue weighted by molar-refractivity contribution is -0.136. The van der Waals surface area contributed by atoms with Crippen LogP contribution >= 0.6 is 0 Å². The van der Waals surface area contributed by atoms with Crippen LogP contribution in [0.15, 0.2) is 41.1 Å². The molecule has 11 rings (SSSR count). The van der Waals surface area contributed by atoms with Crippen molar-refractivity contribution < 1.29 is 42.0 Å². The number of piperidine rings is 2. The number of nitrogens with one attached hydrogen (secondary N) is 2. The molecule has 6 fully saturated rings. The summed E-state index contributed by atoms with van der Waals surface area (Å²) < 4.78 is 47.8. The molecule has 3 aliphatic carbocycles. The van der Waals surface area contributed by atoms with Crippen molar-refractivity contribution in [2.75, 3.05) is 62.2 Å². The van der Waals surface area contributed by atoms with Crippen molar-refractivity contribution in [3.8, 4) is 17.3 Å². The van der Waals surface area contributed by atoms with E-state index in [1.54, 1.807) is 17.2 Å². The zero-order valence-electron chi connectivity index (χ0n) is 36.0. The summed E-state index contributed by atoms with van der Waals surface area (Å²) in [6.07, 6.45) is 10.1. The predicted octanol–water partition coefficient (Wildman–Crippen LogP) is 4.86. The van der Waals surface area contributed by atoms with Gasteiger partial charge in [0.2, 0.25) is 23.6 Å². The van der Waals surface area contributed by atoms with Crippen molar-refractivity contribution >= 4 is 35.3 Å². The van der Waals surface area contributed by atoms with Gasteiger partial charge in [0.15, 0.2) is 23.2 Å². The first-order valence-electron chi connectivity index (χ1n) is 22.7. The number of piperazine rings is 1. The van der Waals surface area contributed by atoms with Gasteiger partial charge in [-0.05, 0) is 118 Å². The molecule has 4 aliphatic heterocycles. The number of hydrogen-bond donors (Lipinski definition) is 3. The van der Waals surface area contributed by atoms with Crippen LogP contribution in [-0.4, -0.2) is 117 Å². The summed E-state index contributed by atoms with van der Waals surface area (Å²) in [4.78, 5) is 72.9. The van der Waals surface area contributed by atoms with E-state index >= 15 is 0 Å². The fourth-order valence-corrected chi connectivity index (χ4v) is 10.9. The molecule has 2 bridgehead atoms. The van der Waals surface area contributed by atoms with Gasteiger partial charge in [-0.1, -0.05) is 5.16 Å². The molecule has 3 saturated heterocycles. The number of phenolic OH excluding ortho intramolecular Hbond substituents is 1. The first-order valence-corrected chi connectivity index (χ1v) is 22.7. The van der Waals surface area contributed by atoms with E-state index in [-0.39, 0.29) is 35.6 Å². The van der Waals surface area contributed by atoms with Crippen molar-refractivity contribution in [1.82, 2.24) is 40.5 Å². The summed E-state index contributed by atoms with van der Waals surface area (Å²) in [5, 5.41) is 18.8. The number of rotatable bonds is 11. The van der Waals surface area contributed by atoms with Gasteiger partial charge in [0.25, 0.3) is 17.7 Å². The molecule has 4 amide bonds. The first kappa shape index (κ1) is 42.8. The van der Waals surface area contributed by atoms with Gasteiger partial charge < -0.3 is 29.6 Å². The van der Waals surface area contributed by atoms with E-state index in [0.29, 0.717) is 53.9 Å². The topological polar surface area (TPSA) is 190 Å². The Morgan fingerprint density at radius 2 is 1.65 bits per heavy atom. The minimum Gasteiger partial charge on any atom is -0.503 e. The molecule has 2 aromatic carbocycles. The summed E-state index contributed by atoms with van der Waals surface area (Å²) in [5.74, 6) is -5.81. The van der Waals surface area contributed by atoms with Gasteiger partial charge in [0.05, 0.1) is 5.56 Å². The monoisotopic (exact) mass is 896 g/mol. The summed E-state index contributed by atoms with van der Waals surface area (Å²) >= 11 is 0. The molecule has 0 spiro atoms. The van der Waals surface area contributed by atoms with Gasteiger partial charge in [-0.25, -0.2) is 18.7 Å². The van der Waals surface area contributed by atoms with Gasteiger partial charge in [0.1, 0.15) is 11.7 Å². The lowest BCUT2D eigenvalue weighted by Gasteiger charge is -2.52. The Hall–Kier alpha value is -6.11. The lowest BCUT2D eigenvalue weighted by atomic mass is 9.53. The molecule has 19 heteroatoms. The van der Waals surface area contributed by atoms with Crippen molar-refractivity contribution in [1.29, 1.82) is 0 Å². The highest BCUT2D eigenvalue weighted by atomic mass is 19.2. The van der Waals surface area contributed by atoms with E-state index in [0.717, 1.165) is 115 Å². The molecule has 0 radical (unpaired) electrons. The number of hydrogen-bond acceptors (Lipinski definition) is 13. The van der Waals surface area contributed by atoms with Crippen molar-refractivity contribution in [2.45, 2.75) is 88.6 Å². The molecule has 342 valence electrons. The molecule has 4 aromatic rings. The molecule has 6 heterocycles. The number of carbonyl (C=O) groups is 4. The van der Waals surface area contributed by atoms with Gasteiger partial charge in [-0.2, -0.15) is 9.37 Å². The van der Waals surface area contributed by atoms with Gasteiger partial charge in [0, 0.05) is 81.6 Å². The second-order valence-corrected chi connectivity index (χ2v) is 18.8. The number of imide groups is 1. The third kappa shape index (κ3) is 8.16. The van der Waals surface area contributed by atoms with Crippen LogP contribution in [0.3, 0.4) is 0 Å². The van der Waals surface area contributed by atoms with Crippen LogP contribution in [0.5, 0.6) is 5.75 Å². The molecule has 65 heavy (non-hydrogen) atoms. The van der Waals surface area contributed by atoms with Crippen LogP contribution in [0, 0.1) is 28.8 Å². The van der Waals surface area contributed by atoms with Crippen LogP contribution in [0.4, 0.5) is 24.8 Å². The number of fused-ring (bicyclic) bond motifs is 4. The standard InChI is InChI=1S/C46H51F3N10O6/c47-32-24-31(36(48)37(49)38(32)61)39(62)51-26-45-9-12-46(13-10-45,14-11-45)43-54-41(65-55-43)33-5-15-50-44(52-33)58-21-19-56(20-22-58)16-6-27-7-17-57(18-8-27)29-1-2-30-28(23-29)25-59(42(30)64)34-3-4-35(60)53-40(34)63/h1-2,5,15,23-24,27,34,61H,3-4,6-14,16-22,25-26H2,(H,51,62)(H,53,60,63)/t34-,45?,46?/m1/s1. The molecular formula is C46H51F3N10O6. The maximum absolute atomic E-state index is 14.3. The second kappa shape index (κ2) is 17.0. The number of benzene rings is 2. The highest BCUT2D eigenvalue weighted by Crippen LogP contribution is 2.57. The minimum absolute atomic E-state index is 0.151.